The van der Waals surface area contributed by atoms with Gasteiger partial charge in [0.15, 0.2) is 0 Å². The highest BCUT2D eigenvalue weighted by Gasteiger charge is 2.37. The van der Waals surface area contributed by atoms with Crippen molar-refractivity contribution in [1.29, 1.82) is 0 Å². The lowest BCUT2D eigenvalue weighted by atomic mass is 9.91. The second-order valence-electron chi connectivity index (χ2n) is 5.86. The fourth-order valence-corrected chi connectivity index (χ4v) is 3.68. The second-order valence-corrected chi connectivity index (χ2v) is 5.86. The Labute approximate surface area is 120 Å². The maximum atomic E-state index is 12.7. The number of likely N-dealkylation sites (tertiary alicyclic amines) is 1. The Kier molecular flexibility index (Phi) is 3.90. The average Bonchev–Trinajstić information content (AvgIpc) is 2.96. The van der Waals surface area contributed by atoms with Gasteiger partial charge in [0, 0.05) is 19.1 Å². The molecule has 2 atom stereocenters. The van der Waals surface area contributed by atoms with E-state index in [1.165, 1.54) is 25.7 Å². The number of nitrogens with one attached hydrogen (secondary N) is 1. The largest absolute Gasteiger partial charge is 0.384 e. The number of anilines is 1. The van der Waals surface area contributed by atoms with Gasteiger partial charge in [0.05, 0.1) is 11.9 Å². The third kappa shape index (κ3) is 2.51. The molecule has 1 aromatic rings. The summed E-state index contributed by atoms with van der Waals surface area (Å²) in [6.07, 6.45) is 7.93. The van der Waals surface area contributed by atoms with Crippen molar-refractivity contribution in [1.82, 2.24) is 9.88 Å². The molecule has 1 amide bonds. The predicted octanol–water partition coefficient (Wildman–Crippen LogP) is 2.92. The summed E-state index contributed by atoms with van der Waals surface area (Å²) in [5.74, 6) is 0.846. The molecule has 0 bridgehead atoms. The molecule has 1 saturated heterocycles. The topological polar surface area (TPSA) is 45.2 Å². The number of rotatable bonds is 3. The van der Waals surface area contributed by atoms with Crippen molar-refractivity contribution in [2.24, 2.45) is 5.92 Å². The molecule has 1 saturated carbocycles. The van der Waals surface area contributed by atoms with Crippen LogP contribution in [0.1, 0.15) is 49.5 Å². The molecule has 0 radical (unpaired) electrons. The van der Waals surface area contributed by atoms with Crippen LogP contribution in [0.3, 0.4) is 0 Å². The van der Waals surface area contributed by atoms with Crippen molar-refractivity contribution in [3.63, 3.8) is 0 Å². The molecule has 2 fully saturated rings. The summed E-state index contributed by atoms with van der Waals surface area (Å²) in [6, 6.07) is 4.25. The Morgan fingerprint density at radius 1 is 1.35 bits per heavy atom. The summed E-state index contributed by atoms with van der Waals surface area (Å²) >= 11 is 0. The molecular weight excluding hydrogens is 250 g/mol. The minimum Gasteiger partial charge on any atom is -0.384 e. The molecule has 3 rings (SSSR count). The molecule has 1 aliphatic heterocycles. The van der Waals surface area contributed by atoms with E-state index in [9.17, 15) is 4.79 Å². The van der Waals surface area contributed by atoms with Crippen LogP contribution >= 0.6 is 0 Å². The van der Waals surface area contributed by atoms with E-state index in [0.717, 1.165) is 31.1 Å². The first kappa shape index (κ1) is 13.4. The van der Waals surface area contributed by atoms with E-state index < -0.39 is 0 Å². The normalized spacial score (nSPS) is 25.4. The number of hydrogen-bond donors (Lipinski definition) is 1. The van der Waals surface area contributed by atoms with E-state index in [1.54, 1.807) is 6.20 Å². The Hall–Kier alpha value is -1.58. The van der Waals surface area contributed by atoms with Gasteiger partial charge in [-0.1, -0.05) is 6.42 Å². The molecule has 0 spiro atoms. The zero-order chi connectivity index (χ0) is 13.9. The monoisotopic (exact) mass is 273 g/mol. The third-order valence-electron chi connectivity index (χ3n) is 4.62. The molecule has 1 aliphatic carbocycles. The molecule has 2 heterocycles. The van der Waals surface area contributed by atoms with E-state index >= 15 is 0 Å². The SMILES string of the molecule is CCNc1ccc(C(=O)N2CCCC3CCCC32)nc1. The Morgan fingerprint density at radius 3 is 2.95 bits per heavy atom. The van der Waals surface area contributed by atoms with Crippen LogP contribution in [0.4, 0.5) is 5.69 Å². The summed E-state index contributed by atoms with van der Waals surface area (Å²) in [4.78, 5) is 19.1. The molecule has 1 aromatic heterocycles. The maximum absolute atomic E-state index is 12.7. The molecule has 4 nitrogen and oxygen atoms in total. The van der Waals surface area contributed by atoms with E-state index in [0.29, 0.717) is 11.7 Å². The highest BCUT2D eigenvalue weighted by molar-refractivity contribution is 5.92. The quantitative estimate of drug-likeness (QED) is 0.921. The van der Waals surface area contributed by atoms with Crippen molar-refractivity contribution in [2.45, 2.75) is 45.1 Å². The minimum atomic E-state index is 0.115. The fourth-order valence-electron chi connectivity index (χ4n) is 3.68. The lowest BCUT2D eigenvalue weighted by Crippen LogP contribution is -2.46. The van der Waals surface area contributed by atoms with Gasteiger partial charge in [0.2, 0.25) is 0 Å². The summed E-state index contributed by atoms with van der Waals surface area (Å²) < 4.78 is 0. The number of amides is 1. The van der Waals surface area contributed by atoms with Crippen LogP contribution in [0.5, 0.6) is 0 Å². The van der Waals surface area contributed by atoms with Gasteiger partial charge in [-0.05, 0) is 50.7 Å². The minimum absolute atomic E-state index is 0.115. The molecule has 1 N–H and O–H groups in total. The van der Waals surface area contributed by atoms with Gasteiger partial charge in [-0.25, -0.2) is 4.98 Å². The number of fused-ring (bicyclic) bond motifs is 1. The van der Waals surface area contributed by atoms with Crippen LogP contribution in [0, 0.1) is 5.92 Å². The van der Waals surface area contributed by atoms with Crippen molar-refractivity contribution < 1.29 is 4.79 Å². The molecule has 2 unspecified atom stereocenters. The fraction of sp³-hybridized carbons (Fsp3) is 0.625. The molecule has 4 heteroatoms. The van der Waals surface area contributed by atoms with Crippen molar-refractivity contribution in [3.8, 4) is 0 Å². The Bertz CT molecular complexity index is 471. The van der Waals surface area contributed by atoms with Gasteiger partial charge < -0.3 is 10.2 Å². The van der Waals surface area contributed by atoms with Gasteiger partial charge in [-0.15, -0.1) is 0 Å². The number of piperidine rings is 1. The lowest BCUT2D eigenvalue weighted by Gasteiger charge is -2.37. The van der Waals surface area contributed by atoms with Crippen LogP contribution in [-0.4, -0.2) is 34.9 Å². The Balaban J connectivity index is 1.74. The van der Waals surface area contributed by atoms with Gasteiger partial charge in [0.1, 0.15) is 5.69 Å². The van der Waals surface area contributed by atoms with Crippen LogP contribution in [0.15, 0.2) is 18.3 Å². The van der Waals surface area contributed by atoms with Crippen LogP contribution in [0.2, 0.25) is 0 Å². The molecule has 20 heavy (non-hydrogen) atoms. The number of nitrogens with zero attached hydrogens (tertiary/aromatic N) is 2. The Morgan fingerprint density at radius 2 is 2.20 bits per heavy atom. The van der Waals surface area contributed by atoms with E-state index in [2.05, 4.69) is 15.2 Å². The predicted molar refractivity (Wildman–Crippen MR) is 79.8 cm³/mol. The zero-order valence-corrected chi connectivity index (χ0v) is 12.1. The van der Waals surface area contributed by atoms with Crippen molar-refractivity contribution >= 4 is 11.6 Å². The standard InChI is InChI=1S/C16H23N3O/c1-2-17-13-8-9-14(18-11-13)16(20)19-10-4-6-12-5-3-7-15(12)19/h8-9,11-12,15,17H,2-7,10H2,1H3. The first-order chi connectivity index (χ1) is 9.79. The summed E-state index contributed by atoms with van der Waals surface area (Å²) in [7, 11) is 0. The van der Waals surface area contributed by atoms with Gasteiger partial charge in [-0.2, -0.15) is 0 Å². The average molecular weight is 273 g/mol. The lowest BCUT2D eigenvalue weighted by molar-refractivity contribution is 0.0542. The maximum Gasteiger partial charge on any atom is 0.272 e. The molecule has 108 valence electrons. The third-order valence-corrected chi connectivity index (χ3v) is 4.62. The number of carbonyl (C=O) groups excluding carboxylic acids is 1. The molecule has 2 aliphatic rings. The van der Waals surface area contributed by atoms with E-state index in [4.69, 9.17) is 0 Å². The van der Waals surface area contributed by atoms with Crippen LogP contribution in [0.25, 0.3) is 0 Å². The summed E-state index contributed by atoms with van der Waals surface area (Å²) in [6.45, 7) is 3.81. The smallest absolute Gasteiger partial charge is 0.272 e. The van der Waals surface area contributed by atoms with Gasteiger partial charge >= 0.3 is 0 Å². The van der Waals surface area contributed by atoms with Crippen LogP contribution in [-0.2, 0) is 0 Å². The number of aromatic nitrogens is 1. The first-order valence-electron chi connectivity index (χ1n) is 7.80. The molecule has 0 aromatic carbocycles. The van der Waals surface area contributed by atoms with Crippen LogP contribution < -0.4 is 5.32 Å². The van der Waals surface area contributed by atoms with Crippen molar-refractivity contribution in [3.05, 3.63) is 24.0 Å². The zero-order valence-electron chi connectivity index (χ0n) is 12.1. The summed E-state index contributed by atoms with van der Waals surface area (Å²) in [5, 5.41) is 3.20. The van der Waals surface area contributed by atoms with Gasteiger partial charge in [-0.3, -0.25) is 4.79 Å². The first-order valence-corrected chi connectivity index (χ1v) is 7.80. The molecular formula is C16H23N3O. The second kappa shape index (κ2) is 5.81. The highest BCUT2D eigenvalue weighted by Crippen LogP contribution is 2.37. The van der Waals surface area contributed by atoms with Gasteiger partial charge in [0.25, 0.3) is 5.91 Å². The van der Waals surface area contributed by atoms with Crippen molar-refractivity contribution in [2.75, 3.05) is 18.4 Å². The number of hydrogen-bond acceptors (Lipinski definition) is 3. The van der Waals surface area contributed by atoms with E-state index in [-0.39, 0.29) is 5.91 Å². The summed E-state index contributed by atoms with van der Waals surface area (Å²) in [5.41, 5.74) is 1.56. The number of carbonyl (C=O) groups is 1. The number of pyridine rings is 1. The highest BCUT2D eigenvalue weighted by atomic mass is 16.2. The van der Waals surface area contributed by atoms with E-state index in [1.807, 2.05) is 19.1 Å².